The van der Waals surface area contributed by atoms with Crippen molar-refractivity contribution in [1.82, 2.24) is 19.8 Å². The molecule has 0 aliphatic carbocycles. The van der Waals surface area contributed by atoms with E-state index < -0.39 is 0 Å². The molecule has 1 amide bonds. The standard InChI is InChI=1S/C24H25N5O3/c30-21-16-19(27-29-13-5-9-20(21)29)8-4-10-22(31)28-14-11-18(12-15-28)24-26-25-23(32-24)17-6-2-1-3-7-17/h1-3,5-7,9,13,18H,4,8,10-12,14-16H2. The number of hydrogen-bond donors (Lipinski definition) is 0. The average molecular weight is 431 g/mol. The van der Waals surface area contributed by atoms with Gasteiger partial charge in [-0.05, 0) is 49.9 Å². The lowest BCUT2D eigenvalue weighted by Crippen LogP contribution is -2.37. The number of carbonyl (C=O) groups excluding carboxylic acids is 2. The third-order valence-corrected chi connectivity index (χ3v) is 6.14. The number of benzene rings is 1. The van der Waals surface area contributed by atoms with Gasteiger partial charge in [-0.15, -0.1) is 10.2 Å². The smallest absolute Gasteiger partial charge is 0.247 e. The number of Topliss-reactive ketones (excluding diaryl/α,β-unsaturated/α-hetero) is 1. The summed E-state index contributed by atoms with van der Waals surface area (Å²) in [5.41, 5.74) is 2.39. The number of nitrogens with zero attached hydrogens (tertiary/aromatic N) is 5. The van der Waals surface area contributed by atoms with Crippen LogP contribution < -0.4 is 0 Å². The van der Waals surface area contributed by atoms with E-state index in [1.54, 1.807) is 16.9 Å². The number of carbonyl (C=O) groups is 2. The highest BCUT2D eigenvalue weighted by Crippen LogP contribution is 2.29. The van der Waals surface area contributed by atoms with Crippen LogP contribution in [0, 0.1) is 0 Å². The minimum absolute atomic E-state index is 0.0878. The van der Waals surface area contributed by atoms with Crippen molar-refractivity contribution >= 4 is 17.4 Å². The van der Waals surface area contributed by atoms with Crippen molar-refractivity contribution < 1.29 is 14.0 Å². The van der Waals surface area contributed by atoms with Crippen molar-refractivity contribution in [2.75, 3.05) is 13.1 Å². The summed E-state index contributed by atoms with van der Waals surface area (Å²) in [5.74, 6) is 1.62. The molecule has 0 saturated carbocycles. The van der Waals surface area contributed by atoms with Crippen LogP contribution in [-0.4, -0.2) is 50.3 Å². The Morgan fingerprint density at radius 3 is 2.69 bits per heavy atom. The molecule has 0 bridgehead atoms. The van der Waals surface area contributed by atoms with Gasteiger partial charge in [0.25, 0.3) is 0 Å². The lowest BCUT2D eigenvalue weighted by Gasteiger charge is -2.30. The fourth-order valence-electron chi connectivity index (χ4n) is 4.36. The lowest BCUT2D eigenvalue weighted by molar-refractivity contribution is -0.132. The molecule has 0 atom stereocenters. The summed E-state index contributed by atoms with van der Waals surface area (Å²) < 4.78 is 7.53. The number of hydrogen-bond acceptors (Lipinski definition) is 6. The van der Waals surface area contributed by atoms with Crippen molar-refractivity contribution in [3.05, 3.63) is 60.2 Å². The molecule has 1 fully saturated rings. The first-order valence-electron chi connectivity index (χ1n) is 11.1. The van der Waals surface area contributed by atoms with Crippen LogP contribution in [0.3, 0.4) is 0 Å². The average Bonchev–Trinajstić information content (AvgIpc) is 3.50. The minimum atomic E-state index is 0.0878. The number of fused-ring (bicyclic) bond motifs is 1. The number of rotatable bonds is 6. The predicted molar refractivity (Wildman–Crippen MR) is 118 cm³/mol. The van der Waals surface area contributed by atoms with Crippen LogP contribution in [0.5, 0.6) is 0 Å². The Kier molecular flexibility index (Phi) is 5.66. The van der Waals surface area contributed by atoms with Gasteiger partial charge in [-0.3, -0.25) is 9.59 Å². The van der Waals surface area contributed by atoms with Crippen LogP contribution in [0.4, 0.5) is 0 Å². The van der Waals surface area contributed by atoms with Gasteiger partial charge in [0.2, 0.25) is 17.7 Å². The van der Waals surface area contributed by atoms with E-state index >= 15 is 0 Å². The van der Waals surface area contributed by atoms with Gasteiger partial charge < -0.3 is 9.32 Å². The summed E-state index contributed by atoms with van der Waals surface area (Å²) >= 11 is 0. The highest BCUT2D eigenvalue weighted by Gasteiger charge is 2.27. The molecule has 5 rings (SSSR count). The molecule has 0 unspecified atom stereocenters. The zero-order chi connectivity index (χ0) is 21.9. The number of aromatic nitrogens is 3. The molecule has 0 spiro atoms. The highest BCUT2D eigenvalue weighted by atomic mass is 16.4. The van der Waals surface area contributed by atoms with E-state index in [9.17, 15) is 9.59 Å². The van der Waals surface area contributed by atoms with E-state index in [0.717, 1.165) is 24.1 Å². The topological polar surface area (TPSA) is 93.6 Å². The molecule has 32 heavy (non-hydrogen) atoms. The SMILES string of the molecule is O=C1CC(CCCC(=O)N2CCC(c3nnc(-c4ccccc4)o3)CC2)=Nn2cccc21. The van der Waals surface area contributed by atoms with Crippen molar-refractivity contribution in [2.45, 2.75) is 44.4 Å². The number of likely N-dealkylation sites (tertiary alicyclic amines) is 1. The molecule has 8 nitrogen and oxygen atoms in total. The van der Waals surface area contributed by atoms with E-state index in [1.807, 2.05) is 41.3 Å². The zero-order valence-corrected chi connectivity index (χ0v) is 17.8. The summed E-state index contributed by atoms with van der Waals surface area (Å²) in [5, 5.41) is 12.9. The van der Waals surface area contributed by atoms with Gasteiger partial charge in [0.05, 0.1) is 6.42 Å². The predicted octanol–water partition coefficient (Wildman–Crippen LogP) is 3.91. The largest absolute Gasteiger partial charge is 0.420 e. The van der Waals surface area contributed by atoms with Crippen LogP contribution in [0.1, 0.15) is 60.8 Å². The minimum Gasteiger partial charge on any atom is -0.420 e. The summed E-state index contributed by atoms with van der Waals surface area (Å²) in [6, 6.07) is 13.3. The Hall–Kier alpha value is -3.55. The van der Waals surface area contributed by atoms with Crippen LogP contribution >= 0.6 is 0 Å². The summed E-state index contributed by atoms with van der Waals surface area (Å²) in [7, 11) is 0. The Morgan fingerprint density at radius 2 is 1.88 bits per heavy atom. The second-order valence-corrected chi connectivity index (χ2v) is 8.32. The normalized spacial score (nSPS) is 16.7. The molecular weight excluding hydrogens is 406 g/mol. The molecule has 4 heterocycles. The summed E-state index contributed by atoms with van der Waals surface area (Å²) in [6.07, 6.45) is 5.60. The highest BCUT2D eigenvalue weighted by molar-refractivity contribution is 6.10. The van der Waals surface area contributed by atoms with E-state index in [4.69, 9.17) is 4.42 Å². The van der Waals surface area contributed by atoms with Gasteiger partial charge in [0, 0.05) is 42.9 Å². The first-order chi connectivity index (χ1) is 15.7. The van der Waals surface area contributed by atoms with E-state index in [-0.39, 0.29) is 17.6 Å². The monoisotopic (exact) mass is 431 g/mol. The molecule has 0 N–H and O–H groups in total. The summed E-state index contributed by atoms with van der Waals surface area (Å²) in [4.78, 5) is 26.7. The van der Waals surface area contributed by atoms with Gasteiger partial charge in [-0.2, -0.15) is 5.10 Å². The van der Waals surface area contributed by atoms with Gasteiger partial charge in [-0.1, -0.05) is 18.2 Å². The number of piperidine rings is 1. The van der Waals surface area contributed by atoms with Crippen molar-refractivity contribution in [1.29, 1.82) is 0 Å². The fraction of sp³-hybridized carbons (Fsp3) is 0.375. The summed E-state index contributed by atoms with van der Waals surface area (Å²) in [6.45, 7) is 1.39. The maximum atomic E-state index is 12.7. The Morgan fingerprint density at radius 1 is 1.06 bits per heavy atom. The maximum absolute atomic E-state index is 12.7. The van der Waals surface area contributed by atoms with Crippen LogP contribution in [-0.2, 0) is 4.79 Å². The van der Waals surface area contributed by atoms with Gasteiger partial charge in [-0.25, -0.2) is 4.68 Å². The lowest BCUT2D eigenvalue weighted by atomic mass is 9.96. The molecule has 2 aliphatic heterocycles. The van der Waals surface area contributed by atoms with Crippen LogP contribution in [0.2, 0.25) is 0 Å². The third-order valence-electron chi connectivity index (χ3n) is 6.14. The molecule has 1 aromatic carbocycles. The van der Waals surface area contributed by atoms with Crippen molar-refractivity contribution in [3.8, 4) is 11.5 Å². The maximum Gasteiger partial charge on any atom is 0.247 e. The zero-order valence-electron chi connectivity index (χ0n) is 17.8. The quantitative estimate of drug-likeness (QED) is 0.590. The molecular formula is C24H25N5O3. The van der Waals surface area contributed by atoms with Crippen LogP contribution in [0.15, 0.2) is 58.2 Å². The fourth-order valence-corrected chi connectivity index (χ4v) is 4.36. The Balaban J connectivity index is 1.09. The first kappa shape index (κ1) is 20.4. The molecule has 2 aromatic heterocycles. The molecule has 3 aromatic rings. The molecule has 1 saturated heterocycles. The first-order valence-corrected chi connectivity index (χ1v) is 11.1. The van der Waals surface area contributed by atoms with E-state index in [2.05, 4.69) is 15.3 Å². The second kappa shape index (κ2) is 8.90. The third kappa shape index (κ3) is 4.26. The molecule has 8 heteroatoms. The van der Waals surface area contributed by atoms with Crippen LogP contribution in [0.25, 0.3) is 11.5 Å². The van der Waals surface area contributed by atoms with E-state index in [0.29, 0.717) is 56.2 Å². The molecule has 2 aliphatic rings. The molecule has 164 valence electrons. The van der Waals surface area contributed by atoms with E-state index in [1.165, 1.54) is 0 Å². The van der Waals surface area contributed by atoms with Gasteiger partial charge in [0.15, 0.2) is 5.78 Å². The second-order valence-electron chi connectivity index (χ2n) is 8.32. The van der Waals surface area contributed by atoms with Crippen molar-refractivity contribution in [3.63, 3.8) is 0 Å². The van der Waals surface area contributed by atoms with Gasteiger partial charge in [0.1, 0.15) is 5.69 Å². The van der Waals surface area contributed by atoms with Crippen molar-refractivity contribution in [2.24, 2.45) is 5.10 Å². The Bertz CT molecular complexity index is 1140. The number of ketones is 1. The number of amides is 1. The Labute approximate surface area is 185 Å². The molecule has 0 radical (unpaired) electrons. The van der Waals surface area contributed by atoms with Gasteiger partial charge >= 0.3 is 0 Å².